The highest BCUT2D eigenvalue weighted by atomic mass is 35.6. The molecule has 0 amide bonds. The normalized spacial score (nSPS) is 12.1. The van der Waals surface area contributed by atoms with Crippen LogP contribution < -0.4 is 0 Å². The Bertz CT molecular complexity index is 547. The molecule has 6 heteroatoms. The van der Waals surface area contributed by atoms with E-state index < -0.39 is 3.79 Å². The first-order valence-electron chi connectivity index (χ1n) is 4.21. The molecule has 2 aromatic rings. The lowest BCUT2D eigenvalue weighted by Crippen LogP contribution is -2.02. The van der Waals surface area contributed by atoms with Crippen molar-refractivity contribution in [2.45, 2.75) is 3.79 Å². The largest absolute Gasteiger partial charge is 0.236 e. The van der Waals surface area contributed by atoms with Crippen LogP contribution in [0.3, 0.4) is 0 Å². The SMILES string of the molecule is Clc1ccc2cc(C(Cl)(Cl)Cl)c(Cl)nc2c1. The molecule has 0 atom stereocenters. The number of hydrogen-bond acceptors (Lipinski definition) is 1. The predicted octanol–water partition coefficient (Wildman–Crippen LogP) is 5.37. The van der Waals surface area contributed by atoms with Crippen LogP contribution in [0.2, 0.25) is 10.2 Å². The number of halogens is 5. The minimum Gasteiger partial charge on any atom is -0.236 e. The Hall–Kier alpha value is 0.0800. The third-order valence-corrected chi connectivity index (χ3v) is 3.17. The highest BCUT2D eigenvalue weighted by Crippen LogP contribution is 2.42. The van der Waals surface area contributed by atoms with Crippen molar-refractivity contribution in [2.75, 3.05) is 0 Å². The number of hydrogen-bond donors (Lipinski definition) is 0. The van der Waals surface area contributed by atoms with Gasteiger partial charge in [0.1, 0.15) is 5.15 Å². The molecule has 0 aliphatic heterocycles. The van der Waals surface area contributed by atoms with Gasteiger partial charge in [0, 0.05) is 16.0 Å². The van der Waals surface area contributed by atoms with Gasteiger partial charge in [0.15, 0.2) is 0 Å². The zero-order valence-electron chi connectivity index (χ0n) is 7.65. The summed E-state index contributed by atoms with van der Waals surface area (Å²) in [5.74, 6) is 0. The van der Waals surface area contributed by atoms with Crippen molar-refractivity contribution >= 4 is 68.9 Å². The molecule has 0 saturated heterocycles. The number of fused-ring (bicyclic) bond motifs is 1. The molecule has 2 rings (SSSR count). The van der Waals surface area contributed by atoms with Crippen LogP contribution in [-0.2, 0) is 3.79 Å². The Morgan fingerprint density at radius 1 is 1.00 bits per heavy atom. The minimum absolute atomic E-state index is 0.162. The van der Waals surface area contributed by atoms with E-state index >= 15 is 0 Å². The van der Waals surface area contributed by atoms with E-state index in [2.05, 4.69) is 4.98 Å². The molecular weight excluding hydrogens is 311 g/mol. The number of benzene rings is 1. The summed E-state index contributed by atoms with van der Waals surface area (Å²) in [6.07, 6.45) is 0. The maximum Gasteiger partial charge on any atom is 0.219 e. The summed E-state index contributed by atoms with van der Waals surface area (Å²) in [7, 11) is 0. The number of pyridine rings is 1. The van der Waals surface area contributed by atoms with Gasteiger partial charge in [-0.25, -0.2) is 4.98 Å². The summed E-state index contributed by atoms with van der Waals surface area (Å²) in [5, 5.41) is 1.56. The van der Waals surface area contributed by atoms with Gasteiger partial charge in [0.25, 0.3) is 0 Å². The van der Waals surface area contributed by atoms with Crippen molar-refractivity contribution in [1.82, 2.24) is 4.98 Å². The first kappa shape index (κ1) is 12.5. The predicted molar refractivity (Wildman–Crippen MR) is 71.0 cm³/mol. The van der Waals surface area contributed by atoms with E-state index in [1.807, 2.05) is 0 Å². The van der Waals surface area contributed by atoms with E-state index in [1.54, 1.807) is 24.3 Å². The highest BCUT2D eigenvalue weighted by molar-refractivity contribution is 6.67. The van der Waals surface area contributed by atoms with Gasteiger partial charge in [-0.2, -0.15) is 0 Å². The smallest absolute Gasteiger partial charge is 0.219 e. The average molecular weight is 315 g/mol. The molecule has 0 bridgehead atoms. The topological polar surface area (TPSA) is 12.9 Å². The molecule has 0 unspecified atom stereocenters. The molecule has 0 N–H and O–H groups in total. The zero-order valence-corrected chi connectivity index (χ0v) is 11.4. The molecule has 0 saturated carbocycles. The van der Waals surface area contributed by atoms with Crippen LogP contribution in [-0.4, -0.2) is 4.98 Å². The van der Waals surface area contributed by atoms with Gasteiger partial charge in [-0.05, 0) is 18.2 Å². The summed E-state index contributed by atoms with van der Waals surface area (Å²) >= 11 is 29.1. The molecule has 1 nitrogen and oxygen atoms in total. The molecule has 0 radical (unpaired) electrons. The standard InChI is InChI=1S/C10H4Cl5N/c11-6-2-1-5-3-7(10(13,14)15)9(12)16-8(5)4-6/h1-4H. The van der Waals surface area contributed by atoms with Crippen molar-refractivity contribution in [3.8, 4) is 0 Å². The fraction of sp³-hybridized carbons (Fsp3) is 0.100. The molecular formula is C10H4Cl5N. The van der Waals surface area contributed by atoms with Gasteiger partial charge in [-0.3, -0.25) is 0 Å². The van der Waals surface area contributed by atoms with Crippen molar-refractivity contribution in [2.24, 2.45) is 0 Å². The van der Waals surface area contributed by atoms with E-state index in [1.165, 1.54) is 0 Å². The average Bonchev–Trinajstić information content (AvgIpc) is 2.14. The second-order valence-electron chi connectivity index (χ2n) is 3.16. The zero-order chi connectivity index (χ0) is 11.9. The van der Waals surface area contributed by atoms with Crippen LogP contribution in [0.1, 0.15) is 5.56 Å². The first-order valence-corrected chi connectivity index (χ1v) is 6.10. The second-order valence-corrected chi connectivity index (χ2v) is 6.24. The fourth-order valence-corrected chi connectivity index (χ4v) is 2.35. The summed E-state index contributed by atoms with van der Waals surface area (Å²) < 4.78 is -1.59. The van der Waals surface area contributed by atoms with Gasteiger partial charge < -0.3 is 0 Å². The summed E-state index contributed by atoms with van der Waals surface area (Å²) in [6.45, 7) is 0. The van der Waals surface area contributed by atoms with E-state index in [0.717, 1.165) is 5.39 Å². The van der Waals surface area contributed by atoms with E-state index in [9.17, 15) is 0 Å². The summed E-state index contributed by atoms with van der Waals surface area (Å²) in [6, 6.07) is 6.92. The highest BCUT2D eigenvalue weighted by Gasteiger charge is 2.27. The van der Waals surface area contributed by atoms with Crippen LogP contribution >= 0.6 is 58.0 Å². The van der Waals surface area contributed by atoms with E-state index in [0.29, 0.717) is 16.1 Å². The van der Waals surface area contributed by atoms with Crippen LogP contribution in [0.5, 0.6) is 0 Å². The van der Waals surface area contributed by atoms with Crippen molar-refractivity contribution in [3.05, 3.63) is 40.0 Å². The molecule has 1 heterocycles. The number of rotatable bonds is 0. The van der Waals surface area contributed by atoms with Crippen LogP contribution in [0.25, 0.3) is 10.9 Å². The Kier molecular flexibility index (Phi) is 3.44. The Labute approximate surface area is 117 Å². The number of alkyl halides is 3. The molecule has 84 valence electrons. The molecule has 16 heavy (non-hydrogen) atoms. The van der Waals surface area contributed by atoms with Crippen molar-refractivity contribution in [3.63, 3.8) is 0 Å². The summed E-state index contributed by atoms with van der Waals surface area (Å²) in [4.78, 5) is 4.13. The second kappa shape index (κ2) is 4.40. The van der Waals surface area contributed by atoms with Crippen LogP contribution in [0.4, 0.5) is 0 Å². The molecule has 0 spiro atoms. The Morgan fingerprint density at radius 2 is 1.69 bits per heavy atom. The van der Waals surface area contributed by atoms with Gasteiger partial charge in [0.2, 0.25) is 3.79 Å². The first-order chi connectivity index (χ1) is 7.38. The molecule has 0 aliphatic carbocycles. The maximum atomic E-state index is 5.93. The van der Waals surface area contributed by atoms with Gasteiger partial charge in [-0.1, -0.05) is 64.1 Å². The minimum atomic E-state index is -1.59. The lowest BCUT2D eigenvalue weighted by molar-refractivity contribution is 1.20. The third-order valence-electron chi connectivity index (χ3n) is 2.04. The van der Waals surface area contributed by atoms with E-state index in [-0.39, 0.29) is 5.15 Å². The van der Waals surface area contributed by atoms with Crippen LogP contribution in [0.15, 0.2) is 24.3 Å². The van der Waals surface area contributed by atoms with Gasteiger partial charge in [0.05, 0.1) is 5.52 Å². The Morgan fingerprint density at radius 3 is 2.31 bits per heavy atom. The lowest BCUT2D eigenvalue weighted by atomic mass is 10.2. The van der Waals surface area contributed by atoms with Crippen molar-refractivity contribution < 1.29 is 0 Å². The monoisotopic (exact) mass is 313 g/mol. The summed E-state index contributed by atoms with van der Waals surface area (Å²) in [5.41, 5.74) is 1.02. The molecule has 1 aromatic carbocycles. The number of nitrogens with zero attached hydrogens (tertiary/aromatic N) is 1. The van der Waals surface area contributed by atoms with Crippen molar-refractivity contribution in [1.29, 1.82) is 0 Å². The van der Waals surface area contributed by atoms with Gasteiger partial charge >= 0.3 is 0 Å². The van der Waals surface area contributed by atoms with E-state index in [4.69, 9.17) is 58.0 Å². The number of aromatic nitrogens is 1. The molecule has 0 aliphatic rings. The Balaban J connectivity index is 2.72. The van der Waals surface area contributed by atoms with Crippen LogP contribution in [0, 0.1) is 0 Å². The third kappa shape index (κ3) is 2.49. The molecule has 0 fully saturated rings. The fourth-order valence-electron chi connectivity index (χ4n) is 1.32. The lowest BCUT2D eigenvalue weighted by Gasteiger charge is -2.13. The van der Waals surface area contributed by atoms with Gasteiger partial charge in [-0.15, -0.1) is 0 Å². The quantitative estimate of drug-likeness (QED) is 0.470. The molecule has 1 aromatic heterocycles. The maximum absolute atomic E-state index is 5.93.